The molecule has 1 unspecified atom stereocenters. The second-order valence-corrected chi connectivity index (χ2v) is 5.81. The summed E-state index contributed by atoms with van der Waals surface area (Å²) in [5, 5.41) is 0. The zero-order chi connectivity index (χ0) is 16.7. The number of amides is 1. The van der Waals surface area contributed by atoms with E-state index in [1.54, 1.807) is 25.3 Å². The number of fused-ring (bicyclic) bond motifs is 1. The van der Waals surface area contributed by atoms with Crippen LogP contribution in [0.4, 0.5) is 4.39 Å². The Morgan fingerprint density at radius 3 is 2.83 bits per heavy atom. The number of rotatable bonds is 3. The van der Waals surface area contributed by atoms with E-state index in [2.05, 4.69) is 6.58 Å². The SMILES string of the molecule is C=C1C(c2ccc(F)c3c2C=C(C)C3)=C(C([NH])=O)C=CC1OC. The average molecular weight is 310 g/mol. The quantitative estimate of drug-likeness (QED) is 0.858. The normalized spacial score (nSPS) is 19.9. The third-order valence-corrected chi connectivity index (χ3v) is 4.29. The van der Waals surface area contributed by atoms with Crippen LogP contribution >= 0.6 is 0 Å². The summed E-state index contributed by atoms with van der Waals surface area (Å²) in [7, 11) is 1.56. The van der Waals surface area contributed by atoms with Gasteiger partial charge in [-0.3, -0.25) is 10.5 Å². The molecule has 2 aliphatic carbocycles. The monoisotopic (exact) mass is 310 g/mol. The molecule has 1 radical (unpaired) electrons. The van der Waals surface area contributed by atoms with Crippen LogP contribution in [0, 0.1) is 5.82 Å². The molecule has 0 spiro atoms. The van der Waals surface area contributed by atoms with Gasteiger partial charge in [0.1, 0.15) is 11.9 Å². The van der Waals surface area contributed by atoms with Gasteiger partial charge in [0, 0.05) is 18.3 Å². The smallest absolute Gasteiger partial charge is 0.270 e. The molecule has 3 rings (SSSR count). The fraction of sp³-hybridized carbons (Fsp3) is 0.211. The molecule has 0 aliphatic heterocycles. The Kier molecular flexibility index (Phi) is 3.78. The molecule has 3 nitrogen and oxygen atoms in total. The number of nitrogens with one attached hydrogen (secondary N) is 1. The van der Waals surface area contributed by atoms with Gasteiger partial charge < -0.3 is 4.74 Å². The first-order valence-electron chi connectivity index (χ1n) is 7.33. The summed E-state index contributed by atoms with van der Waals surface area (Å²) in [5.41, 5.74) is 12.1. The van der Waals surface area contributed by atoms with Crippen molar-refractivity contribution in [1.82, 2.24) is 5.73 Å². The third kappa shape index (κ3) is 2.45. The summed E-state index contributed by atoms with van der Waals surface area (Å²) >= 11 is 0. The van der Waals surface area contributed by atoms with Crippen LogP contribution in [0.25, 0.3) is 11.6 Å². The van der Waals surface area contributed by atoms with Gasteiger partial charge in [0.15, 0.2) is 0 Å². The van der Waals surface area contributed by atoms with E-state index in [0.29, 0.717) is 23.1 Å². The topological polar surface area (TPSA) is 50.1 Å². The van der Waals surface area contributed by atoms with Crippen molar-refractivity contribution in [3.63, 3.8) is 0 Å². The highest BCUT2D eigenvalue weighted by atomic mass is 19.1. The van der Waals surface area contributed by atoms with Crippen LogP contribution in [-0.4, -0.2) is 19.1 Å². The fourth-order valence-corrected chi connectivity index (χ4v) is 3.20. The van der Waals surface area contributed by atoms with Crippen LogP contribution < -0.4 is 5.73 Å². The number of carbonyl (C=O) groups excluding carboxylic acids is 1. The lowest BCUT2D eigenvalue weighted by atomic mass is 9.83. The van der Waals surface area contributed by atoms with Gasteiger partial charge >= 0.3 is 0 Å². The van der Waals surface area contributed by atoms with Crippen LogP contribution in [0.3, 0.4) is 0 Å². The molecule has 0 fully saturated rings. The summed E-state index contributed by atoms with van der Waals surface area (Å²) in [4.78, 5) is 11.7. The lowest BCUT2D eigenvalue weighted by molar-refractivity contribution is -0.114. The summed E-state index contributed by atoms with van der Waals surface area (Å²) in [6.45, 7) is 5.99. The van der Waals surface area contributed by atoms with E-state index < -0.39 is 5.91 Å². The van der Waals surface area contributed by atoms with Gasteiger partial charge in [0.2, 0.25) is 0 Å². The number of allylic oxidation sites excluding steroid dienone is 1. The van der Waals surface area contributed by atoms with Crippen molar-refractivity contribution in [2.24, 2.45) is 0 Å². The predicted octanol–water partition coefficient (Wildman–Crippen LogP) is 3.49. The second-order valence-electron chi connectivity index (χ2n) is 5.81. The summed E-state index contributed by atoms with van der Waals surface area (Å²) in [6, 6.07) is 3.06. The van der Waals surface area contributed by atoms with E-state index in [1.165, 1.54) is 6.07 Å². The largest absolute Gasteiger partial charge is 0.373 e. The Labute approximate surface area is 134 Å². The van der Waals surface area contributed by atoms with Crippen LogP contribution in [0.5, 0.6) is 0 Å². The Balaban J connectivity index is 2.27. The van der Waals surface area contributed by atoms with E-state index in [1.807, 2.05) is 13.0 Å². The summed E-state index contributed by atoms with van der Waals surface area (Å²) in [5.74, 6) is -1.04. The number of hydrogen-bond acceptors (Lipinski definition) is 2. The minimum atomic E-state index is -0.788. The Bertz CT molecular complexity index is 815. The lowest BCUT2D eigenvalue weighted by Crippen LogP contribution is -2.19. The molecule has 117 valence electrons. The second kappa shape index (κ2) is 5.63. The van der Waals surface area contributed by atoms with Crippen molar-refractivity contribution in [2.45, 2.75) is 19.4 Å². The highest BCUT2D eigenvalue weighted by Gasteiger charge is 2.28. The molecule has 23 heavy (non-hydrogen) atoms. The van der Waals surface area contributed by atoms with Crippen LogP contribution in [0.1, 0.15) is 23.6 Å². The molecular formula is C19H17FNO2. The molecule has 0 saturated heterocycles. The zero-order valence-corrected chi connectivity index (χ0v) is 13.1. The van der Waals surface area contributed by atoms with Crippen LogP contribution in [0.15, 0.2) is 47.6 Å². The molecule has 2 aliphatic rings. The van der Waals surface area contributed by atoms with Crippen LogP contribution in [0.2, 0.25) is 0 Å². The van der Waals surface area contributed by atoms with Gasteiger partial charge in [-0.05, 0) is 47.8 Å². The van der Waals surface area contributed by atoms with Crippen molar-refractivity contribution in [1.29, 1.82) is 0 Å². The molecular weight excluding hydrogens is 293 g/mol. The fourth-order valence-electron chi connectivity index (χ4n) is 3.20. The van der Waals surface area contributed by atoms with E-state index in [0.717, 1.165) is 16.7 Å². The average Bonchev–Trinajstić information content (AvgIpc) is 2.90. The summed E-state index contributed by atoms with van der Waals surface area (Å²) < 4.78 is 19.5. The predicted molar refractivity (Wildman–Crippen MR) is 87.9 cm³/mol. The number of ether oxygens (including phenoxy) is 1. The molecule has 1 amide bonds. The van der Waals surface area contributed by atoms with Crippen molar-refractivity contribution < 1.29 is 13.9 Å². The van der Waals surface area contributed by atoms with E-state index >= 15 is 0 Å². The molecule has 1 aromatic rings. The van der Waals surface area contributed by atoms with Gasteiger partial charge in [-0.2, -0.15) is 0 Å². The highest BCUT2D eigenvalue weighted by molar-refractivity contribution is 6.08. The zero-order valence-electron chi connectivity index (χ0n) is 13.1. The van der Waals surface area contributed by atoms with Gasteiger partial charge in [-0.1, -0.05) is 30.4 Å². The maximum Gasteiger partial charge on any atom is 0.270 e. The van der Waals surface area contributed by atoms with Crippen molar-refractivity contribution in [2.75, 3.05) is 7.11 Å². The molecule has 1 aromatic carbocycles. The number of methoxy groups -OCH3 is 1. The third-order valence-electron chi connectivity index (χ3n) is 4.29. The minimum absolute atomic E-state index is 0.253. The number of halogens is 1. The Morgan fingerprint density at radius 2 is 2.17 bits per heavy atom. The van der Waals surface area contributed by atoms with Crippen molar-refractivity contribution in [3.8, 4) is 0 Å². The van der Waals surface area contributed by atoms with E-state index in [4.69, 9.17) is 10.5 Å². The lowest BCUT2D eigenvalue weighted by Gasteiger charge is -2.25. The number of carbonyl (C=O) groups is 1. The maximum atomic E-state index is 14.1. The van der Waals surface area contributed by atoms with E-state index in [9.17, 15) is 9.18 Å². The first-order chi connectivity index (χ1) is 10.9. The minimum Gasteiger partial charge on any atom is -0.373 e. The first kappa shape index (κ1) is 15.4. The Hall–Kier alpha value is -2.46. The molecule has 0 aromatic heterocycles. The highest BCUT2D eigenvalue weighted by Crippen LogP contribution is 2.40. The molecule has 0 bridgehead atoms. The van der Waals surface area contributed by atoms with E-state index in [-0.39, 0.29) is 17.5 Å². The molecule has 1 N–H and O–H groups in total. The molecule has 0 heterocycles. The first-order valence-corrected chi connectivity index (χ1v) is 7.33. The van der Waals surface area contributed by atoms with Gasteiger partial charge in [-0.15, -0.1) is 0 Å². The molecule has 0 saturated carbocycles. The Morgan fingerprint density at radius 1 is 1.43 bits per heavy atom. The summed E-state index contributed by atoms with van der Waals surface area (Å²) in [6.07, 6.45) is 5.43. The standard InChI is InChI=1S/C19H17FNO2/c1-10-8-14-12(4-6-16(20)15(14)9-10)18-11(2)17(23-3)7-5-13(18)19(21)22/h4-8,17,21H,2,9H2,1,3H3. The van der Waals surface area contributed by atoms with Gasteiger partial charge in [0.05, 0.1) is 0 Å². The maximum absolute atomic E-state index is 14.1. The van der Waals surface area contributed by atoms with Crippen LogP contribution in [-0.2, 0) is 16.0 Å². The van der Waals surface area contributed by atoms with Crippen molar-refractivity contribution >= 4 is 17.6 Å². The number of hydrogen-bond donors (Lipinski definition) is 0. The number of benzene rings is 1. The molecule has 1 atom stereocenters. The molecule has 4 heteroatoms. The van der Waals surface area contributed by atoms with Crippen molar-refractivity contribution in [3.05, 3.63) is 70.1 Å². The van der Waals surface area contributed by atoms with Gasteiger partial charge in [-0.25, -0.2) is 4.39 Å². The van der Waals surface area contributed by atoms with Gasteiger partial charge in [0.25, 0.3) is 5.91 Å².